The van der Waals surface area contributed by atoms with Crippen molar-refractivity contribution in [2.24, 2.45) is 56.7 Å². The minimum absolute atomic E-state index is 0.0568. The van der Waals surface area contributed by atoms with Gasteiger partial charge in [-0.15, -0.1) is 0 Å². The van der Waals surface area contributed by atoms with Crippen molar-refractivity contribution in [3.63, 3.8) is 0 Å². The molecule has 0 spiro atoms. The Labute approximate surface area is 206 Å². The molecular weight excluding hydrogens is 424 g/mol. The van der Waals surface area contributed by atoms with E-state index in [0.29, 0.717) is 23.7 Å². The Kier molecular flexibility index (Phi) is 5.52. The van der Waals surface area contributed by atoms with Crippen molar-refractivity contribution in [1.82, 2.24) is 0 Å². The number of fused-ring (bicyclic) bond motifs is 7. The average Bonchev–Trinajstić information content (AvgIpc) is 3.18. The number of aliphatic hydroxyl groups excluding tert-OH is 2. The van der Waals surface area contributed by atoms with Crippen molar-refractivity contribution in [1.29, 1.82) is 0 Å². The molecule has 3 N–H and O–H groups in total. The van der Waals surface area contributed by atoms with E-state index >= 15 is 0 Å². The van der Waals surface area contributed by atoms with E-state index in [9.17, 15) is 20.1 Å². The lowest BCUT2D eigenvalue weighted by molar-refractivity contribution is -0.254. The Balaban J connectivity index is 1.56. The van der Waals surface area contributed by atoms with Crippen LogP contribution in [0.25, 0.3) is 0 Å². The smallest absolute Gasteiger partial charge is 0.309 e. The second-order valence-electron chi connectivity index (χ2n) is 14.4. The summed E-state index contributed by atoms with van der Waals surface area (Å²) in [5, 5.41) is 31.8. The fraction of sp³-hybridized carbons (Fsp3) is 0.900. The van der Waals surface area contributed by atoms with Crippen molar-refractivity contribution >= 4 is 5.97 Å². The van der Waals surface area contributed by atoms with Crippen LogP contribution in [0.15, 0.2) is 12.2 Å². The van der Waals surface area contributed by atoms with E-state index in [1.54, 1.807) is 0 Å². The van der Waals surface area contributed by atoms with Crippen LogP contribution in [0.3, 0.4) is 0 Å². The summed E-state index contributed by atoms with van der Waals surface area (Å²) in [7, 11) is 0. The molecule has 0 heterocycles. The number of carboxylic acids is 1. The summed E-state index contributed by atoms with van der Waals surface area (Å²) in [5.74, 6) is 1.30. The van der Waals surface area contributed by atoms with Crippen LogP contribution in [0.4, 0.5) is 0 Å². The summed E-state index contributed by atoms with van der Waals surface area (Å²) in [6.07, 6.45) is 9.43. The molecule has 5 saturated carbocycles. The molecule has 0 radical (unpaired) electrons. The lowest BCUT2D eigenvalue weighted by Gasteiger charge is -2.72. The Morgan fingerprint density at radius 2 is 1.59 bits per heavy atom. The van der Waals surface area contributed by atoms with Gasteiger partial charge in [-0.25, -0.2) is 0 Å². The molecule has 0 saturated heterocycles. The van der Waals surface area contributed by atoms with E-state index in [2.05, 4.69) is 41.2 Å². The zero-order valence-electron chi connectivity index (χ0n) is 22.2. The van der Waals surface area contributed by atoms with Crippen LogP contribution in [-0.4, -0.2) is 34.0 Å². The summed E-state index contributed by atoms with van der Waals surface area (Å²) < 4.78 is 0. The standard InChI is InChI=1S/C30H48O4/c1-18(2)19-9-14-30(25(33)34)16-15-28(5)20(24(19)30)7-8-22-26(3)12-11-23(32)27(4,17-31)21(26)10-13-29(22,28)6/h19-24,31-32H,1,7-17H2,2-6H3,(H,33,34)/t19-,20+,21+,22+,23+,24+,26-,27-,28+,29+,30-/m0/s1. The van der Waals surface area contributed by atoms with E-state index in [4.69, 9.17) is 0 Å². The number of aliphatic hydroxyl groups is 2. The van der Waals surface area contributed by atoms with Gasteiger partial charge in [-0.2, -0.15) is 0 Å². The van der Waals surface area contributed by atoms with E-state index in [0.717, 1.165) is 64.2 Å². The molecule has 0 unspecified atom stereocenters. The summed E-state index contributed by atoms with van der Waals surface area (Å²) >= 11 is 0. The maximum Gasteiger partial charge on any atom is 0.309 e. The first-order valence-electron chi connectivity index (χ1n) is 14.0. The summed E-state index contributed by atoms with van der Waals surface area (Å²) in [5.41, 5.74) is 0.586. The number of rotatable bonds is 3. The average molecular weight is 473 g/mol. The monoisotopic (exact) mass is 472 g/mol. The van der Waals surface area contributed by atoms with Gasteiger partial charge in [0.05, 0.1) is 18.1 Å². The van der Waals surface area contributed by atoms with Gasteiger partial charge in [0.25, 0.3) is 0 Å². The molecule has 0 aromatic rings. The minimum atomic E-state index is -0.567. The molecule has 0 amide bonds. The Hall–Kier alpha value is -0.870. The molecule has 4 nitrogen and oxygen atoms in total. The van der Waals surface area contributed by atoms with Gasteiger partial charge in [0, 0.05) is 5.41 Å². The second kappa shape index (κ2) is 7.57. The van der Waals surface area contributed by atoms with E-state index < -0.39 is 22.9 Å². The molecule has 192 valence electrons. The highest BCUT2D eigenvalue weighted by Crippen LogP contribution is 2.77. The highest BCUT2D eigenvalue weighted by molar-refractivity contribution is 5.76. The predicted molar refractivity (Wildman–Crippen MR) is 134 cm³/mol. The van der Waals surface area contributed by atoms with Gasteiger partial charge in [-0.3, -0.25) is 4.79 Å². The van der Waals surface area contributed by atoms with Crippen LogP contribution < -0.4 is 0 Å². The highest BCUT2D eigenvalue weighted by Gasteiger charge is 2.72. The zero-order chi connectivity index (χ0) is 24.9. The van der Waals surface area contributed by atoms with Gasteiger partial charge in [-0.1, -0.05) is 39.8 Å². The van der Waals surface area contributed by atoms with E-state index in [1.807, 2.05) is 0 Å². The van der Waals surface area contributed by atoms with Crippen molar-refractivity contribution in [3.8, 4) is 0 Å². The first-order chi connectivity index (χ1) is 15.8. The Morgan fingerprint density at radius 1 is 0.882 bits per heavy atom. The third-order valence-electron chi connectivity index (χ3n) is 13.6. The van der Waals surface area contributed by atoms with Crippen molar-refractivity contribution in [3.05, 3.63) is 12.2 Å². The number of allylic oxidation sites excluding steroid dienone is 1. The molecule has 5 rings (SSSR count). The Bertz CT molecular complexity index is 883. The SMILES string of the molecule is C=C(C)[C@@H]1CC[C@]2(C(=O)O)CC[C@]3(C)[C@H](CC[C@@H]4[C@@]5(C)CC[C@@H](O)[C@@](C)(CO)[C@@H]5CC[C@]43C)[C@@H]12. The molecule has 5 aliphatic carbocycles. The third-order valence-corrected chi connectivity index (χ3v) is 13.6. The molecule has 11 atom stereocenters. The Morgan fingerprint density at radius 3 is 2.21 bits per heavy atom. The molecule has 4 heteroatoms. The zero-order valence-corrected chi connectivity index (χ0v) is 22.2. The van der Waals surface area contributed by atoms with Crippen LogP contribution in [0.1, 0.15) is 98.8 Å². The predicted octanol–water partition coefficient (Wildman–Crippen LogP) is 6.06. The molecule has 5 aliphatic rings. The molecule has 5 fully saturated rings. The van der Waals surface area contributed by atoms with Crippen LogP contribution in [0, 0.1) is 56.7 Å². The van der Waals surface area contributed by atoms with Crippen LogP contribution >= 0.6 is 0 Å². The van der Waals surface area contributed by atoms with E-state index in [1.165, 1.54) is 5.57 Å². The van der Waals surface area contributed by atoms with Crippen molar-refractivity contribution < 1.29 is 20.1 Å². The molecule has 0 bridgehead atoms. The van der Waals surface area contributed by atoms with Gasteiger partial charge in [0.15, 0.2) is 0 Å². The second-order valence-corrected chi connectivity index (χ2v) is 14.4. The lowest BCUT2D eigenvalue weighted by Crippen LogP contribution is -2.67. The molecule has 0 aromatic heterocycles. The number of aliphatic carboxylic acids is 1. The topological polar surface area (TPSA) is 77.8 Å². The molecule has 34 heavy (non-hydrogen) atoms. The van der Waals surface area contributed by atoms with Gasteiger partial charge < -0.3 is 15.3 Å². The van der Waals surface area contributed by atoms with Crippen LogP contribution in [0.2, 0.25) is 0 Å². The number of carbonyl (C=O) groups is 1. The minimum Gasteiger partial charge on any atom is -0.481 e. The maximum absolute atomic E-state index is 12.8. The van der Waals surface area contributed by atoms with Crippen molar-refractivity contribution in [2.45, 2.75) is 105 Å². The lowest BCUT2D eigenvalue weighted by atomic mass is 9.32. The first-order valence-corrected chi connectivity index (χ1v) is 14.0. The number of hydrogen-bond acceptors (Lipinski definition) is 3. The van der Waals surface area contributed by atoms with Crippen molar-refractivity contribution in [2.75, 3.05) is 6.61 Å². The quantitative estimate of drug-likeness (QED) is 0.436. The number of hydrogen-bond donors (Lipinski definition) is 3. The van der Waals surface area contributed by atoms with Crippen LogP contribution in [0.5, 0.6) is 0 Å². The normalized spacial score (nSPS) is 56.6. The van der Waals surface area contributed by atoms with Gasteiger partial charge in [0.1, 0.15) is 0 Å². The summed E-state index contributed by atoms with van der Waals surface area (Å²) in [6.45, 7) is 16.2. The highest BCUT2D eigenvalue weighted by atomic mass is 16.4. The van der Waals surface area contributed by atoms with Gasteiger partial charge in [-0.05, 0) is 117 Å². The number of carboxylic acid groups (broad SMARTS) is 1. The molecule has 0 aliphatic heterocycles. The third kappa shape index (κ3) is 2.76. The summed E-state index contributed by atoms with van der Waals surface area (Å²) in [6, 6.07) is 0. The summed E-state index contributed by atoms with van der Waals surface area (Å²) in [4.78, 5) is 12.8. The van der Waals surface area contributed by atoms with Gasteiger partial charge >= 0.3 is 5.97 Å². The van der Waals surface area contributed by atoms with E-state index in [-0.39, 0.29) is 28.8 Å². The first kappa shape index (κ1) is 24.8. The fourth-order valence-corrected chi connectivity index (χ4v) is 11.5. The largest absolute Gasteiger partial charge is 0.481 e. The van der Waals surface area contributed by atoms with Gasteiger partial charge in [0.2, 0.25) is 0 Å². The molecule has 0 aromatic carbocycles. The maximum atomic E-state index is 12.8. The van der Waals surface area contributed by atoms with Crippen LogP contribution in [-0.2, 0) is 4.79 Å². The molecular formula is C30H48O4. The fourth-order valence-electron chi connectivity index (χ4n) is 11.5.